The first-order valence-electron chi connectivity index (χ1n) is 6.05. The number of nitrogens with zero attached hydrogens (tertiary/aromatic N) is 1. The van der Waals surface area contributed by atoms with Gasteiger partial charge < -0.3 is 4.74 Å². The molecule has 1 aromatic rings. The summed E-state index contributed by atoms with van der Waals surface area (Å²) in [5, 5.41) is 2.40. The van der Waals surface area contributed by atoms with Crippen molar-refractivity contribution in [3.63, 3.8) is 0 Å². The maximum Gasteiger partial charge on any atom is 0.326 e. The average Bonchev–Trinajstić information content (AvgIpc) is 2.40. The van der Waals surface area contributed by atoms with Gasteiger partial charge in [0, 0.05) is 6.54 Å². The molecule has 0 spiro atoms. The number of imide groups is 1. The number of ether oxygens (including phenoxy) is 1. The van der Waals surface area contributed by atoms with E-state index in [9.17, 15) is 9.59 Å². The molecule has 5 nitrogen and oxygen atoms in total. The Labute approximate surface area is 105 Å². The first-order chi connectivity index (χ1) is 8.77. The Hall–Kier alpha value is -1.88. The van der Waals surface area contributed by atoms with E-state index < -0.39 is 12.1 Å². The summed E-state index contributed by atoms with van der Waals surface area (Å²) in [7, 11) is 0. The summed E-state index contributed by atoms with van der Waals surface area (Å²) in [6, 6.07) is 9.08. The molecular weight excluding hydrogens is 232 g/mol. The third-order valence-corrected chi connectivity index (χ3v) is 3.36. The summed E-state index contributed by atoms with van der Waals surface area (Å²) < 4.78 is 5.63. The van der Waals surface area contributed by atoms with Crippen LogP contribution in [0, 0.1) is 0 Å². The van der Waals surface area contributed by atoms with Crippen molar-refractivity contribution in [3.05, 3.63) is 35.9 Å². The number of rotatable bonds is 1. The second-order valence-corrected chi connectivity index (χ2v) is 4.49. The number of hydrogen-bond donors (Lipinski definition) is 1. The maximum atomic E-state index is 12.0. The van der Waals surface area contributed by atoms with E-state index in [1.54, 1.807) is 4.90 Å². The lowest BCUT2D eigenvalue weighted by atomic mass is 9.93. The molecule has 2 aliphatic rings. The minimum Gasteiger partial charge on any atom is -0.357 e. The molecule has 2 atom stereocenters. The number of carbonyl (C=O) groups is 2. The molecule has 0 radical (unpaired) electrons. The van der Waals surface area contributed by atoms with Crippen LogP contribution < -0.4 is 5.32 Å². The van der Waals surface area contributed by atoms with Gasteiger partial charge in [0.05, 0.1) is 6.61 Å². The second-order valence-electron chi connectivity index (χ2n) is 4.49. The van der Waals surface area contributed by atoms with Gasteiger partial charge in [0.15, 0.2) is 0 Å². The average molecular weight is 246 g/mol. The van der Waals surface area contributed by atoms with Gasteiger partial charge in [-0.15, -0.1) is 0 Å². The standard InChI is InChI=1S/C13H14N2O3/c16-11-10(9-5-2-1-3-6-9)12-15(13(17)14-11)7-4-8-18-12/h1-3,5-6,10,12H,4,7-8H2,(H,14,16,17). The fourth-order valence-electron chi connectivity index (χ4n) is 2.51. The summed E-state index contributed by atoms with van der Waals surface area (Å²) in [6.07, 6.45) is 0.335. The van der Waals surface area contributed by atoms with Gasteiger partial charge in [-0.05, 0) is 12.0 Å². The molecule has 2 heterocycles. The number of urea groups is 1. The van der Waals surface area contributed by atoms with Crippen LogP contribution in [-0.2, 0) is 9.53 Å². The number of nitrogens with one attached hydrogen (secondary N) is 1. The molecule has 5 heteroatoms. The van der Waals surface area contributed by atoms with E-state index >= 15 is 0 Å². The van der Waals surface area contributed by atoms with Crippen molar-refractivity contribution in [2.24, 2.45) is 0 Å². The largest absolute Gasteiger partial charge is 0.357 e. The molecule has 1 aromatic carbocycles. The van der Waals surface area contributed by atoms with Crippen molar-refractivity contribution < 1.29 is 14.3 Å². The molecule has 0 saturated carbocycles. The van der Waals surface area contributed by atoms with E-state index in [0.717, 1.165) is 12.0 Å². The zero-order chi connectivity index (χ0) is 12.5. The second kappa shape index (κ2) is 4.42. The van der Waals surface area contributed by atoms with Gasteiger partial charge in [0.1, 0.15) is 12.1 Å². The highest BCUT2D eigenvalue weighted by Gasteiger charge is 2.44. The predicted molar refractivity (Wildman–Crippen MR) is 63.8 cm³/mol. The van der Waals surface area contributed by atoms with Crippen molar-refractivity contribution in [1.82, 2.24) is 10.2 Å². The van der Waals surface area contributed by atoms with Crippen LogP contribution in [0.2, 0.25) is 0 Å². The van der Waals surface area contributed by atoms with Gasteiger partial charge in [-0.3, -0.25) is 15.0 Å². The third-order valence-electron chi connectivity index (χ3n) is 3.36. The highest BCUT2D eigenvalue weighted by atomic mass is 16.5. The van der Waals surface area contributed by atoms with Crippen LogP contribution in [0.15, 0.2) is 30.3 Å². The van der Waals surface area contributed by atoms with Crippen LogP contribution >= 0.6 is 0 Å². The quantitative estimate of drug-likeness (QED) is 0.806. The van der Waals surface area contributed by atoms with Gasteiger partial charge in [-0.1, -0.05) is 30.3 Å². The number of fused-ring (bicyclic) bond motifs is 1. The molecule has 1 N–H and O–H groups in total. The van der Waals surface area contributed by atoms with Crippen LogP contribution in [0.4, 0.5) is 4.79 Å². The van der Waals surface area contributed by atoms with Crippen LogP contribution in [-0.4, -0.2) is 36.2 Å². The molecule has 2 unspecified atom stereocenters. The van der Waals surface area contributed by atoms with E-state index in [4.69, 9.17) is 4.74 Å². The lowest BCUT2D eigenvalue weighted by Crippen LogP contribution is -2.61. The number of hydrogen-bond acceptors (Lipinski definition) is 3. The van der Waals surface area contributed by atoms with E-state index in [1.807, 2.05) is 30.3 Å². The van der Waals surface area contributed by atoms with Gasteiger partial charge in [-0.25, -0.2) is 4.79 Å². The van der Waals surface area contributed by atoms with E-state index in [2.05, 4.69) is 5.32 Å². The smallest absolute Gasteiger partial charge is 0.326 e. The highest BCUT2D eigenvalue weighted by molar-refractivity contribution is 6.00. The van der Waals surface area contributed by atoms with Crippen molar-refractivity contribution in [2.45, 2.75) is 18.6 Å². The monoisotopic (exact) mass is 246 g/mol. The van der Waals surface area contributed by atoms with E-state index in [1.165, 1.54) is 0 Å². The Morgan fingerprint density at radius 3 is 2.78 bits per heavy atom. The summed E-state index contributed by atoms with van der Waals surface area (Å²) in [4.78, 5) is 25.4. The van der Waals surface area contributed by atoms with Crippen molar-refractivity contribution in [2.75, 3.05) is 13.2 Å². The fraction of sp³-hybridized carbons (Fsp3) is 0.385. The maximum absolute atomic E-state index is 12.0. The van der Waals surface area contributed by atoms with E-state index in [0.29, 0.717) is 13.2 Å². The van der Waals surface area contributed by atoms with Gasteiger partial charge in [0.25, 0.3) is 0 Å². The van der Waals surface area contributed by atoms with Crippen molar-refractivity contribution in [1.29, 1.82) is 0 Å². The number of benzene rings is 1. The molecule has 3 rings (SSSR count). The highest BCUT2D eigenvalue weighted by Crippen LogP contribution is 2.30. The Bertz CT molecular complexity index is 474. The lowest BCUT2D eigenvalue weighted by Gasteiger charge is -2.42. The van der Waals surface area contributed by atoms with Crippen LogP contribution in [0.3, 0.4) is 0 Å². The zero-order valence-corrected chi connectivity index (χ0v) is 9.83. The summed E-state index contributed by atoms with van der Waals surface area (Å²) >= 11 is 0. The fourth-order valence-corrected chi connectivity index (χ4v) is 2.51. The zero-order valence-electron chi connectivity index (χ0n) is 9.83. The van der Waals surface area contributed by atoms with Crippen molar-refractivity contribution in [3.8, 4) is 0 Å². The molecule has 0 aromatic heterocycles. The molecule has 18 heavy (non-hydrogen) atoms. The van der Waals surface area contributed by atoms with Gasteiger partial charge in [0.2, 0.25) is 5.91 Å². The molecule has 2 fully saturated rings. The van der Waals surface area contributed by atoms with Crippen molar-refractivity contribution >= 4 is 11.9 Å². The van der Waals surface area contributed by atoms with Crippen LogP contribution in [0.5, 0.6) is 0 Å². The Morgan fingerprint density at radius 2 is 2.00 bits per heavy atom. The number of carbonyl (C=O) groups excluding carboxylic acids is 2. The topological polar surface area (TPSA) is 58.6 Å². The minimum absolute atomic E-state index is 0.283. The normalized spacial score (nSPS) is 27.7. The van der Waals surface area contributed by atoms with Gasteiger partial charge >= 0.3 is 6.03 Å². The molecule has 2 saturated heterocycles. The molecule has 0 aliphatic carbocycles. The molecule has 94 valence electrons. The summed E-state index contributed by atoms with van der Waals surface area (Å²) in [6.45, 7) is 1.22. The minimum atomic E-state index is -0.470. The molecule has 0 bridgehead atoms. The predicted octanol–water partition coefficient (Wildman–Crippen LogP) is 1.07. The Balaban J connectivity index is 1.96. The first-order valence-corrected chi connectivity index (χ1v) is 6.05. The molecular formula is C13H14N2O3. The Kier molecular flexibility index (Phi) is 2.76. The van der Waals surface area contributed by atoms with E-state index in [-0.39, 0.29) is 11.9 Å². The lowest BCUT2D eigenvalue weighted by molar-refractivity contribution is -0.141. The summed E-state index contributed by atoms with van der Waals surface area (Å²) in [5.41, 5.74) is 0.874. The molecule has 3 amide bonds. The summed E-state index contributed by atoms with van der Waals surface area (Å²) in [5.74, 6) is -0.724. The van der Waals surface area contributed by atoms with Crippen LogP contribution in [0.1, 0.15) is 17.9 Å². The first kappa shape index (κ1) is 11.2. The number of amides is 3. The third kappa shape index (κ3) is 1.76. The SMILES string of the molecule is O=C1NC(=O)N2CCCOC2C1c1ccccc1. The Morgan fingerprint density at radius 1 is 1.22 bits per heavy atom. The molecule has 2 aliphatic heterocycles. The van der Waals surface area contributed by atoms with Gasteiger partial charge in [-0.2, -0.15) is 0 Å². The van der Waals surface area contributed by atoms with Crippen LogP contribution in [0.25, 0.3) is 0 Å².